The highest BCUT2D eigenvalue weighted by Crippen LogP contribution is 2.45. The van der Waals surface area contributed by atoms with E-state index in [-0.39, 0.29) is 23.5 Å². The summed E-state index contributed by atoms with van der Waals surface area (Å²) in [5, 5.41) is 12.8. The molecule has 32 heavy (non-hydrogen) atoms. The monoisotopic (exact) mass is 466 g/mol. The largest absolute Gasteiger partial charge is 0.501 e. The Labute approximate surface area is 183 Å². The maximum Gasteiger partial charge on any atom is 0.296 e. The van der Waals surface area contributed by atoms with Crippen molar-refractivity contribution in [2.75, 3.05) is 20.7 Å². The number of halogens is 1. The molecular weight excluding hydrogens is 443 g/mol. The molecule has 1 aromatic heterocycles. The van der Waals surface area contributed by atoms with Gasteiger partial charge in [-0.25, -0.2) is 22.1 Å². The number of rotatable bonds is 5. The van der Waals surface area contributed by atoms with Gasteiger partial charge in [0.05, 0.1) is 18.0 Å². The number of fused-ring (bicyclic) bond motifs is 2. The van der Waals surface area contributed by atoms with E-state index < -0.39 is 44.4 Å². The molecule has 2 heterocycles. The number of hydrogen-bond acceptors (Lipinski definition) is 7. The van der Waals surface area contributed by atoms with Gasteiger partial charge in [0, 0.05) is 20.6 Å². The van der Waals surface area contributed by atoms with E-state index >= 15 is 0 Å². The molecule has 1 fully saturated rings. The normalized spacial score (nSPS) is 17.1. The van der Waals surface area contributed by atoms with Crippen LogP contribution in [0.15, 0.2) is 27.9 Å². The molecule has 0 radical (unpaired) electrons. The molecule has 172 valence electrons. The number of sulfonamides is 1. The third kappa shape index (κ3) is 3.57. The highest BCUT2D eigenvalue weighted by Gasteiger charge is 2.46. The van der Waals surface area contributed by atoms with E-state index in [9.17, 15) is 27.5 Å². The van der Waals surface area contributed by atoms with E-state index in [1.54, 1.807) is 0 Å². The highest BCUT2D eigenvalue weighted by atomic mass is 32.2. The first-order valence-corrected chi connectivity index (χ1v) is 11.5. The minimum absolute atomic E-state index is 0.140. The fourth-order valence-corrected chi connectivity index (χ4v) is 5.02. The number of ether oxygens (including phenoxy) is 1. The minimum Gasteiger partial charge on any atom is -0.501 e. The molecular formula is C20H23FN4O6S. The summed E-state index contributed by atoms with van der Waals surface area (Å²) < 4.78 is 46.9. The van der Waals surface area contributed by atoms with Crippen molar-refractivity contribution in [2.24, 2.45) is 0 Å². The summed E-state index contributed by atoms with van der Waals surface area (Å²) in [4.78, 5) is 29.4. The van der Waals surface area contributed by atoms with Crippen molar-refractivity contribution < 1.29 is 27.4 Å². The minimum atomic E-state index is -3.97. The number of hydrogen-bond donors (Lipinski definition) is 2. The molecule has 10 nitrogen and oxygen atoms in total. The maximum atomic E-state index is 13.7. The Morgan fingerprint density at radius 1 is 1.38 bits per heavy atom. The lowest BCUT2D eigenvalue weighted by atomic mass is 9.78. The molecule has 0 bridgehead atoms. The van der Waals surface area contributed by atoms with E-state index in [4.69, 9.17) is 4.74 Å². The zero-order valence-corrected chi connectivity index (χ0v) is 18.4. The molecule has 1 aliphatic heterocycles. The number of benzene rings is 1. The summed E-state index contributed by atoms with van der Waals surface area (Å²) in [6.07, 6.45) is 2.21. The van der Waals surface area contributed by atoms with Crippen LogP contribution < -0.4 is 10.9 Å². The Hall–Kier alpha value is -2.83. The van der Waals surface area contributed by atoms with Gasteiger partial charge in [0.15, 0.2) is 5.69 Å². The van der Waals surface area contributed by atoms with Gasteiger partial charge in [0.2, 0.25) is 15.8 Å². The number of carbonyl (C=O) groups excluding carboxylic acids is 1. The summed E-state index contributed by atoms with van der Waals surface area (Å²) in [7, 11) is -1.36. The van der Waals surface area contributed by atoms with E-state index in [0.717, 1.165) is 22.9 Å². The van der Waals surface area contributed by atoms with Crippen molar-refractivity contribution in [3.63, 3.8) is 0 Å². The second-order valence-corrected chi connectivity index (χ2v) is 10.1. The zero-order valence-electron chi connectivity index (χ0n) is 17.6. The standard InChI is InChI=1S/C20H23FN4O6S/c1-24(2)32(29,30)14-10-13(21)5-4-12(14)11-22-17(27)15-16(26)18(28)25-8-9-31-20(6-3-7-20)19(25)23-15/h4-5,10,26H,3,6-9,11H2,1-2H3,(H,22,27). The Kier molecular flexibility index (Phi) is 5.55. The van der Waals surface area contributed by atoms with Crippen LogP contribution in [0.4, 0.5) is 4.39 Å². The Morgan fingerprint density at radius 2 is 2.09 bits per heavy atom. The number of amides is 1. The molecule has 2 aliphatic rings. The van der Waals surface area contributed by atoms with Gasteiger partial charge in [-0.05, 0) is 37.0 Å². The quantitative estimate of drug-likeness (QED) is 0.662. The van der Waals surface area contributed by atoms with E-state index in [1.807, 2.05) is 0 Å². The molecule has 1 saturated carbocycles. The summed E-state index contributed by atoms with van der Waals surface area (Å²) >= 11 is 0. The average Bonchev–Trinajstić information content (AvgIpc) is 2.73. The third-order valence-electron chi connectivity index (χ3n) is 5.85. The number of nitrogens with one attached hydrogen (secondary N) is 1. The van der Waals surface area contributed by atoms with Gasteiger partial charge < -0.3 is 15.2 Å². The topological polar surface area (TPSA) is 131 Å². The van der Waals surface area contributed by atoms with Gasteiger partial charge in [-0.15, -0.1) is 0 Å². The average molecular weight is 466 g/mol. The summed E-state index contributed by atoms with van der Waals surface area (Å²) in [5.74, 6) is -2.09. The van der Waals surface area contributed by atoms with Crippen LogP contribution in [0.25, 0.3) is 0 Å². The number of nitrogens with zero attached hydrogens (tertiary/aromatic N) is 3. The smallest absolute Gasteiger partial charge is 0.296 e. The summed E-state index contributed by atoms with van der Waals surface area (Å²) in [5.41, 5.74) is -1.78. The Balaban J connectivity index is 1.65. The first kappa shape index (κ1) is 22.4. The van der Waals surface area contributed by atoms with Crippen molar-refractivity contribution >= 4 is 15.9 Å². The van der Waals surface area contributed by atoms with Crippen LogP contribution >= 0.6 is 0 Å². The molecule has 1 aromatic carbocycles. The molecule has 1 aliphatic carbocycles. The first-order chi connectivity index (χ1) is 15.1. The van der Waals surface area contributed by atoms with Crippen LogP contribution in [0.3, 0.4) is 0 Å². The van der Waals surface area contributed by atoms with E-state index in [0.29, 0.717) is 25.3 Å². The highest BCUT2D eigenvalue weighted by molar-refractivity contribution is 7.89. The van der Waals surface area contributed by atoms with Crippen LogP contribution in [0, 0.1) is 5.82 Å². The Morgan fingerprint density at radius 3 is 2.72 bits per heavy atom. The maximum absolute atomic E-state index is 13.7. The molecule has 2 aromatic rings. The van der Waals surface area contributed by atoms with Gasteiger partial charge in [-0.3, -0.25) is 14.2 Å². The summed E-state index contributed by atoms with van der Waals surface area (Å²) in [6, 6.07) is 3.20. The lowest BCUT2D eigenvalue weighted by Gasteiger charge is -2.44. The van der Waals surface area contributed by atoms with Crippen LogP contribution in [0.5, 0.6) is 5.75 Å². The molecule has 0 saturated heterocycles. The Bertz CT molecular complexity index is 1250. The van der Waals surface area contributed by atoms with Crippen molar-refractivity contribution in [2.45, 2.75) is 42.8 Å². The van der Waals surface area contributed by atoms with Gasteiger partial charge >= 0.3 is 0 Å². The van der Waals surface area contributed by atoms with Crippen molar-refractivity contribution in [1.29, 1.82) is 0 Å². The fraction of sp³-hybridized carbons (Fsp3) is 0.450. The number of carbonyl (C=O) groups is 1. The van der Waals surface area contributed by atoms with Crippen molar-refractivity contribution in [1.82, 2.24) is 19.2 Å². The van der Waals surface area contributed by atoms with Gasteiger partial charge in [-0.1, -0.05) is 6.07 Å². The molecule has 1 amide bonds. The number of aromatic nitrogens is 2. The second-order valence-electron chi connectivity index (χ2n) is 8.01. The lowest BCUT2D eigenvalue weighted by molar-refractivity contribution is -0.134. The molecule has 4 rings (SSSR count). The number of aromatic hydroxyl groups is 1. The van der Waals surface area contributed by atoms with Crippen LogP contribution in [0.2, 0.25) is 0 Å². The predicted octanol–water partition coefficient (Wildman–Crippen LogP) is 0.678. The lowest BCUT2D eigenvalue weighted by Crippen LogP contribution is -2.49. The molecule has 0 atom stereocenters. The van der Waals surface area contributed by atoms with Crippen LogP contribution in [-0.4, -0.2) is 54.0 Å². The third-order valence-corrected chi connectivity index (χ3v) is 7.75. The van der Waals surface area contributed by atoms with Crippen LogP contribution in [0.1, 0.15) is 41.1 Å². The van der Waals surface area contributed by atoms with Crippen LogP contribution in [-0.2, 0) is 33.5 Å². The van der Waals surface area contributed by atoms with E-state index in [2.05, 4.69) is 10.3 Å². The molecule has 0 unspecified atom stereocenters. The van der Waals surface area contributed by atoms with Crippen molar-refractivity contribution in [3.8, 4) is 5.75 Å². The second kappa shape index (κ2) is 7.94. The SMILES string of the molecule is CN(C)S(=O)(=O)c1cc(F)ccc1CNC(=O)c1nc2n(c(=O)c1O)CCOC21CCC1. The van der Waals surface area contributed by atoms with Gasteiger partial charge in [0.25, 0.3) is 11.5 Å². The summed E-state index contributed by atoms with van der Waals surface area (Å²) in [6.45, 7) is 0.246. The van der Waals surface area contributed by atoms with E-state index in [1.165, 1.54) is 24.7 Å². The molecule has 1 spiro atoms. The van der Waals surface area contributed by atoms with Gasteiger partial charge in [0.1, 0.15) is 17.2 Å². The van der Waals surface area contributed by atoms with Crippen molar-refractivity contribution in [3.05, 3.63) is 51.5 Å². The fourth-order valence-electron chi connectivity index (χ4n) is 3.89. The molecule has 12 heteroatoms. The molecule has 2 N–H and O–H groups in total. The first-order valence-electron chi connectivity index (χ1n) is 10.0. The van der Waals surface area contributed by atoms with Gasteiger partial charge in [-0.2, -0.15) is 0 Å². The predicted molar refractivity (Wildman–Crippen MR) is 110 cm³/mol. The zero-order chi connectivity index (χ0) is 23.3.